The molecule has 0 bridgehead atoms. The largest absolute Gasteiger partial charge is 0.410 e. The first-order chi connectivity index (χ1) is 7.07. The number of rotatable bonds is 7. The van der Waals surface area contributed by atoms with Crippen LogP contribution in [0, 0.1) is 5.92 Å². The molecule has 3 heteroatoms. The van der Waals surface area contributed by atoms with Crippen LogP contribution in [0.15, 0.2) is 24.8 Å². The standard InChI is InChI=1S/C12H21BrOSi/c1-4-5-12(9-8-11-6-7-11)14-15(2,3)10-13/h4,8-9,11-12H,1,5-7,10H2,2-3H3/b9-8+. The zero-order valence-electron chi connectivity index (χ0n) is 9.71. The average molecular weight is 289 g/mol. The van der Waals surface area contributed by atoms with Gasteiger partial charge in [-0.1, -0.05) is 34.2 Å². The molecule has 1 fully saturated rings. The molecule has 1 rings (SSSR count). The lowest BCUT2D eigenvalue weighted by atomic mass is 10.2. The summed E-state index contributed by atoms with van der Waals surface area (Å²) >= 11 is 3.53. The van der Waals surface area contributed by atoms with Crippen molar-refractivity contribution >= 4 is 24.2 Å². The Kier molecular flexibility index (Phi) is 5.30. The van der Waals surface area contributed by atoms with E-state index in [2.05, 4.69) is 47.8 Å². The smallest absolute Gasteiger partial charge is 0.197 e. The Morgan fingerprint density at radius 2 is 2.20 bits per heavy atom. The summed E-state index contributed by atoms with van der Waals surface area (Å²) in [5, 5.41) is 0. The molecule has 1 aliphatic rings. The molecule has 0 spiro atoms. The van der Waals surface area contributed by atoms with Crippen LogP contribution in [0.25, 0.3) is 0 Å². The van der Waals surface area contributed by atoms with Crippen LogP contribution in [0.5, 0.6) is 0 Å². The predicted octanol–water partition coefficient (Wildman–Crippen LogP) is 4.05. The van der Waals surface area contributed by atoms with Gasteiger partial charge in [-0.25, -0.2) is 0 Å². The molecule has 0 amide bonds. The maximum absolute atomic E-state index is 6.14. The highest BCUT2D eigenvalue weighted by Gasteiger charge is 2.24. The third-order valence-electron chi connectivity index (χ3n) is 2.41. The first kappa shape index (κ1) is 13.2. The van der Waals surface area contributed by atoms with Crippen molar-refractivity contribution in [2.75, 3.05) is 4.95 Å². The van der Waals surface area contributed by atoms with Crippen molar-refractivity contribution in [3.05, 3.63) is 24.8 Å². The van der Waals surface area contributed by atoms with Gasteiger partial charge >= 0.3 is 0 Å². The van der Waals surface area contributed by atoms with E-state index in [0.29, 0.717) is 0 Å². The molecule has 0 aliphatic heterocycles. The van der Waals surface area contributed by atoms with E-state index in [-0.39, 0.29) is 6.10 Å². The highest BCUT2D eigenvalue weighted by molar-refractivity contribution is 9.09. The first-order valence-corrected chi connectivity index (χ1v) is 9.84. The van der Waals surface area contributed by atoms with Gasteiger partial charge in [-0.2, -0.15) is 0 Å². The van der Waals surface area contributed by atoms with E-state index in [1.807, 2.05) is 6.08 Å². The summed E-state index contributed by atoms with van der Waals surface area (Å²) in [6, 6.07) is 0. The summed E-state index contributed by atoms with van der Waals surface area (Å²) in [4.78, 5) is 0.991. The van der Waals surface area contributed by atoms with E-state index in [0.717, 1.165) is 17.3 Å². The van der Waals surface area contributed by atoms with Gasteiger partial charge in [-0.15, -0.1) is 6.58 Å². The van der Waals surface area contributed by atoms with Crippen molar-refractivity contribution in [1.29, 1.82) is 0 Å². The molecule has 0 aromatic rings. The minimum absolute atomic E-state index is 0.238. The van der Waals surface area contributed by atoms with Crippen LogP contribution in [-0.4, -0.2) is 19.4 Å². The number of allylic oxidation sites excluding steroid dienone is 1. The Morgan fingerprint density at radius 1 is 1.53 bits per heavy atom. The number of hydrogen-bond acceptors (Lipinski definition) is 1. The Hall–Kier alpha value is 0.137. The third-order valence-corrected chi connectivity index (χ3v) is 8.05. The molecule has 0 aromatic heterocycles. The lowest BCUT2D eigenvalue weighted by molar-refractivity contribution is 0.245. The van der Waals surface area contributed by atoms with Crippen molar-refractivity contribution in [2.24, 2.45) is 5.92 Å². The van der Waals surface area contributed by atoms with Crippen LogP contribution in [0.3, 0.4) is 0 Å². The zero-order valence-corrected chi connectivity index (χ0v) is 12.3. The summed E-state index contributed by atoms with van der Waals surface area (Å²) in [6.45, 7) is 8.27. The van der Waals surface area contributed by atoms with Crippen LogP contribution in [0.1, 0.15) is 19.3 Å². The molecule has 0 heterocycles. The van der Waals surface area contributed by atoms with Gasteiger partial charge in [0.25, 0.3) is 0 Å². The van der Waals surface area contributed by atoms with Crippen molar-refractivity contribution in [3.8, 4) is 0 Å². The van der Waals surface area contributed by atoms with Crippen LogP contribution < -0.4 is 0 Å². The molecule has 0 N–H and O–H groups in total. The van der Waals surface area contributed by atoms with E-state index >= 15 is 0 Å². The molecule has 86 valence electrons. The molecule has 1 unspecified atom stereocenters. The molecular weight excluding hydrogens is 268 g/mol. The topological polar surface area (TPSA) is 9.23 Å². The van der Waals surface area contributed by atoms with Crippen LogP contribution in [-0.2, 0) is 4.43 Å². The van der Waals surface area contributed by atoms with Crippen molar-refractivity contribution in [2.45, 2.75) is 38.5 Å². The Bertz CT molecular complexity index is 234. The number of hydrogen-bond donors (Lipinski definition) is 0. The van der Waals surface area contributed by atoms with Crippen molar-refractivity contribution in [1.82, 2.24) is 0 Å². The molecular formula is C12H21BrOSi. The van der Waals surface area contributed by atoms with Crippen molar-refractivity contribution < 1.29 is 4.43 Å². The van der Waals surface area contributed by atoms with Gasteiger partial charge in [-0.05, 0) is 38.3 Å². The second-order valence-electron chi connectivity index (χ2n) is 4.80. The molecule has 15 heavy (non-hydrogen) atoms. The Balaban J connectivity index is 2.44. The van der Waals surface area contributed by atoms with E-state index in [4.69, 9.17) is 4.43 Å². The molecule has 0 saturated heterocycles. The van der Waals surface area contributed by atoms with Crippen LogP contribution in [0.4, 0.5) is 0 Å². The van der Waals surface area contributed by atoms with Gasteiger partial charge in [0, 0.05) is 4.95 Å². The SMILES string of the molecule is C=CCC(/C=C/C1CC1)O[Si](C)(C)CBr. The normalized spacial score (nSPS) is 19.4. The Morgan fingerprint density at radius 3 is 2.67 bits per heavy atom. The fourth-order valence-electron chi connectivity index (χ4n) is 1.34. The monoisotopic (exact) mass is 288 g/mol. The summed E-state index contributed by atoms with van der Waals surface area (Å²) < 4.78 is 6.14. The van der Waals surface area contributed by atoms with Crippen molar-refractivity contribution in [3.63, 3.8) is 0 Å². The predicted molar refractivity (Wildman–Crippen MR) is 72.8 cm³/mol. The molecule has 1 aliphatic carbocycles. The maximum Gasteiger partial charge on any atom is 0.197 e. The molecule has 1 saturated carbocycles. The third kappa shape index (κ3) is 5.69. The summed E-state index contributed by atoms with van der Waals surface area (Å²) in [5.74, 6) is 0.828. The van der Waals surface area contributed by atoms with E-state index in [1.54, 1.807) is 0 Å². The number of halogens is 1. The fraction of sp³-hybridized carbons (Fsp3) is 0.667. The van der Waals surface area contributed by atoms with Gasteiger partial charge < -0.3 is 4.43 Å². The summed E-state index contributed by atoms with van der Waals surface area (Å²) in [5.41, 5.74) is 0. The van der Waals surface area contributed by atoms with Gasteiger partial charge in [0.1, 0.15) is 0 Å². The molecule has 1 nitrogen and oxygen atoms in total. The molecule has 1 atom stereocenters. The lowest BCUT2D eigenvalue weighted by Gasteiger charge is -2.25. The maximum atomic E-state index is 6.14. The van der Waals surface area contributed by atoms with Gasteiger partial charge in [0.15, 0.2) is 8.32 Å². The summed E-state index contributed by atoms with van der Waals surface area (Å²) in [7, 11) is -1.51. The summed E-state index contributed by atoms with van der Waals surface area (Å²) in [6.07, 6.45) is 10.4. The molecule has 0 radical (unpaired) electrons. The fourth-order valence-corrected chi connectivity index (χ4v) is 2.80. The highest BCUT2D eigenvalue weighted by Crippen LogP contribution is 2.30. The zero-order chi connectivity index (χ0) is 11.3. The van der Waals surface area contributed by atoms with Gasteiger partial charge in [0.05, 0.1) is 6.10 Å². The van der Waals surface area contributed by atoms with Gasteiger partial charge in [-0.3, -0.25) is 0 Å². The van der Waals surface area contributed by atoms with E-state index < -0.39 is 8.32 Å². The Labute approximate surface area is 103 Å². The van der Waals surface area contributed by atoms with E-state index in [9.17, 15) is 0 Å². The second kappa shape index (κ2) is 6.02. The quantitative estimate of drug-likeness (QED) is 0.390. The lowest BCUT2D eigenvalue weighted by Crippen LogP contribution is -2.37. The first-order valence-electron chi connectivity index (χ1n) is 5.60. The average Bonchev–Trinajstić information content (AvgIpc) is 2.98. The highest BCUT2D eigenvalue weighted by atomic mass is 79.9. The second-order valence-corrected chi connectivity index (χ2v) is 10.5. The van der Waals surface area contributed by atoms with E-state index in [1.165, 1.54) is 12.8 Å². The minimum Gasteiger partial charge on any atom is -0.410 e. The van der Waals surface area contributed by atoms with Crippen LogP contribution >= 0.6 is 15.9 Å². The number of alkyl halides is 1. The van der Waals surface area contributed by atoms with Gasteiger partial charge in [0.2, 0.25) is 0 Å². The minimum atomic E-state index is -1.51. The molecule has 0 aromatic carbocycles. The van der Waals surface area contributed by atoms with Crippen LogP contribution in [0.2, 0.25) is 13.1 Å².